The molecule has 0 saturated heterocycles. The molecule has 164 valence electrons. The molecule has 4 aromatic carbocycles. The largest absolute Gasteiger partial charge is 0.489 e. The van der Waals surface area contributed by atoms with E-state index in [4.69, 9.17) is 9.47 Å². The molecule has 0 saturated carbocycles. The lowest BCUT2D eigenvalue weighted by molar-refractivity contribution is 0.0969. The second kappa shape index (κ2) is 9.74. The predicted octanol–water partition coefficient (Wildman–Crippen LogP) is 6.95. The molecule has 33 heavy (non-hydrogen) atoms. The number of fused-ring (bicyclic) bond motifs is 1. The molecular formula is C30H26O3. The Bertz CT molecular complexity index is 1210. The van der Waals surface area contributed by atoms with Crippen LogP contribution < -0.4 is 9.47 Å². The van der Waals surface area contributed by atoms with E-state index in [-0.39, 0.29) is 11.7 Å². The number of carbonyl (C=O) groups excluding carboxylic acids is 1. The van der Waals surface area contributed by atoms with E-state index in [1.54, 1.807) is 0 Å². The summed E-state index contributed by atoms with van der Waals surface area (Å²) in [5, 5.41) is 0. The number of carbonyl (C=O) groups is 1. The molecule has 3 heteroatoms. The Balaban J connectivity index is 1.32. The summed E-state index contributed by atoms with van der Waals surface area (Å²) >= 11 is 0. The second-order valence-electron chi connectivity index (χ2n) is 8.38. The van der Waals surface area contributed by atoms with Crippen LogP contribution in [0.5, 0.6) is 11.5 Å². The van der Waals surface area contributed by atoms with E-state index >= 15 is 0 Å². The minimum absolute atomic E-state index is 0.168. The van der Waals surface area contributed by atoms with Crippen molar-refractivity contribution in [2.75, 3.05) is 0 Å². The monoisotopic (exact) mass is 434 g/mol. The lowest BCUT2D eigenvalue weighted by Crippen LogP contribution is -2.16. The van der Waals surface area contributed by atoms with E-state index in [0.717, 1.165) is 40.2 Å². The normalized spacial score (nSPS) is 15.0. The zero-order chi connectivity index (χ0) is 22.5. The fraction of sp³-hybridized carbons (Fsp3) is 0.167. The first kappa shape index (κ1) is 21.0. The summed E-state index contributed by atoms with van der Waals surface area (Å²) in [4.78, 5) is 12.6. The smallest absolute Gasteiger partial charge is 0.163 e. The van der Waals surface area contributed by atoms with Crippen molar-refractivity contribution in [1.82, 2.24) is 0 Å². The molecule has 3 nitrogen and oxygen atoms in total. The molecule has 0 bridgehead atoms. The Morgan fingerprint density at radius 1 is 0.667 bits per heavy atom. The fourth-order valence-electron chi connectivity index (χ4n) is 4.36. The van der Waals surface area contributed by atoms with E-state index < -0.39 is 0 Å². The van der Waals surface area contributed by atoms with Crippen molar-refractivity contribution in [1.29, 1.82) is 0 Å². The molecule has 0 heterocycles. The van der Waals surface area contributed by atoms with Crippen LogP contribution >= 0.6 is 0 Å². The Labute approximate surface area is 194 Å². The van der Waals surface area contributed by atoms with Crippen molar-refractivity contribution in [2.45, 2.75) is 32.0 Å². The standard InChI is InChI=1S/C30H26O3/c31-30-18-17-27(24-11-13-25(14-12-24)32-20-22-7-3-1-4-8-22)29-19-26(15-16-28(29)30)33-21-23-9-5-2-6-10-23/h1-16,19,27H,17-18,20-21H2. The summed E-state index contributed by atoms with van der Waals surface area (Å²) in [6.07, 6.45) is 1.37. The van der Waals surface area contributed by atoms with Crippen LogP contribution in [0.2, 0.25) is 0 Å². The molecule has 1 atom stereocenters. The van der Waals surface area contributed by atoms with Crippen molar-refractivity contribution in [2.24, 2.45) is 0 Å². The Kier molecular flexibility index (Phi) is 6.21. The van der Waals surface area contributed by atoms with E-state index in [0.29, 0.717) is 19.6 Å². The van der Waals surface area contributed by atoms with Gasteiger partial charge >= 0.3 is 0 Å². The van der Waals surface area contributed by atoms with Crippen LogP contribution in [0.1, 0.15) is 51.4 Å². The van der Waals surface area contributed by atoms with Gasteiger partial charge in [0.2, 0.25) is 0 Å². The second-order valence-corrected chi connectivity index (χ2v) is 8.38. The van der Waals surface area contributed by atoms with Gasteiger partial charge in [0.05, 0.1) is 0 Å². The molecule has 0 aromatic heterocycles. The van der Waals surface area contributed by atoms with Crippen LogP contribution in [-0.2, 0) is 13.2 Å². The lowest BCUT2D eigenvalue weighted by atomic mass is 9.78. The fourth-order valence-corrected chi connectivity index (χ4v) is 4.36. The molecule has 5 rings (SSSR count). The molecule has 1 aliphatic carbocycles. The van der Waals surface area contributed by atoms with Gasteiger partial charge in [-0.1, -0.05) is 72.8 Å². The third-order valence-corrected chi connectivity index (χ3v) is 6.14. The summed E-state index contributed by atoms with van der Waals surface area (Å²) in [7, 11) is 0. The van der Waals surface area contributed by atoms with Crippen LogP contribution in [0.25, 0.3) is 0 Å². The van der Waals surface area contributed by atoms with Crippen molar-refractivity contribution < 1.29 is 14.3 Å². The first-order valence-corrected chi connectivity index (χ1v) is 11.4. The van der Waals surface area contributed by atoms with Crippen LogP contribution in [0.3, 0.4) is 0 Å². The van der Waals surface area contributed by atoms with Gasteiger partial charge in [-0.3, -0.25) is 4.79 Å². The minimum Gasteiger partial charge on any atom is -0.489 e. The number of ether oxygens (including phenoxy) is 2. The van der Waals surface area contributed by atoms with Gasteiger partial charge in [-0.2, -0.15) is 0 Å². The highest BCUT2D eigenvalue weighted by Gasteiger charge is 2.27. The van der Waals surface area contributed by atoms with Crippen molar-refractivity contribution in [3.63, 3.8) is 0 Å². The van der Waals surface area contributed by atoms with Gasteiger partial charge in [-0.25, -0.2) is 0 Å². The Morgan fingerprint density at radius 2 is 1.24 bits per heavy atom. The number of hydrogen-bond donors (Lipinski definition) is 0. The molecule has 1 unspecified atom stereocenters. The molecule has 1 aliphatic rings. The Hall–Kier alpha value is -3.85. The van der Waals surface area contributed by atoms with Gasteiger partial charge < -0.3 is 9.47 Å². The molecule has 4 aromatic rings. The third kappa shape index (κ3) is 4.98. The van der Waals surface area contributed by atoms with Gasteiger partial charge in [0.25, 0.3) is 0 Å². The highest BCUT2D eigenvalue weighted by Crippen LogP contribution is 2.39. The van der Waals surface area contributed by atoms with E-state index in [1.807, 2.05) is 78.9 Å². The number of Topliss-reactive ketones (excluding diaryl/α,β-unsaturated/α-hetero) is 1. The average Bonchev–Trinajstić information content (AvgIpc) is 2.88. The first-order valence-electron chi connectivity index (χ1n) is 11.4. The lowest BCUT2D eigenvalue weighted by Gasteiger charge is -2.26. The summed E-state index contributed by atoms with van der Waals surface area (Å²) in [5.74, 6) is 2.01. The van der Waals surface area contributed by atoms with Gasteiger partial charge in [0, 0.05) is 17.9 Å². The number of benzene rings is 4. The molecule has 0 amide bonds. The van der Waals surface area contributed by atoms with Crippen LogP contribution in [0, 0.1) is 0 Å². The molecule has 0 aliphatic heterocycles. The molecule has 0 N–H and O–H groups in total. The molecule has 0 fully saturated rings. The minimum atomic E-state index is 0.168. The summed E-state index contributed by atoms with van der Waals surface area (Å²) in [6.45, 7) is 1.05. The molecule has 0 spiro atoms. The quantitative estimate of drug-likeness (QED) is 0.316. The van der Waals surface area contributed by atoms with Gasteiger partial charge in [-0.05, 0) is 59.0 Å². The average molecular weight is 435 g/mol. The zero-order valence-electron chi connectivity index (χ0n) is 18.4. The first-order chi connectivity index (χ1) is 16.3. The summed E-state index contributed by atoms with van der Waals surface area (Å²) in [5.41, 5.74) is 5.31. The summed E-state index contributed by atoms with van der Waals surface area (Å²) in [6, 6.07) is 34.4. The van der Waals surface area contributed by atoms with Crippen LogP contribution in [0.15, 0.2) is 103 Å². The van der Waals surface area contributed by atoms with Crippen molar-refractivity contribution >= 4 is 5.78 Å². The number of hydrogen-bond acceptors (Lipinski definition) is 3. The zero-order valence-corrected chi connectivity index (χ0v) is 18.4. The van der Waals surface area contributed by atoms with E-state index in [1.165, 1.54) is 5.56 Å². The van der Waals surface area contributed by atoms with E-state index in [9.17, 15) is 4.79 Å². The molecular weight excluding hydrogens is 408 g/mol. The SMILES string of the molecule is O=C1CCC(c2ccc(OCc3ccccc3)cc2)c2cc(OCc3ccccc3)ccc21. The van der Waals surface area contributed by atoms with Crippen LogP contribution in [-0.4, -0.2) is 5.78 Å². The molecule has 0 radical (unpaired) electrons. The highest BCUT2D eigenvalue weighted by atomic mass is 16.5. The highest BCUT2D eigenvalue weighted by molar-refractivity contribution is 5.99. The van der Waals surface area contributed by atoms with Gasteiger partial charge in [0.1, 0.15) is 24.7 Å². The van der Waals surface area contributed by atoms with Gasteiger partial charge in [0.15, 0.2) is 5.78 Å². The number of rotatable bonds is 7. The third-order valence-electron chi connectivity index (χ3n) is 6.14. The topological polar surface area (TPSA) is 35.5 Å². The summed E-state index contributed by atoms with van der Waals surface area (Å²) < 4.78 is 12.0. The van der Waals surface area contributed by atoms with E-state index in [2.05, 4.69) is 24.3 Å². The maximum Gasteiger partial charge on any atom is 0.163 e. The Morgan fingerprint density at radius 3 is 1.88 bits per heavy atom. The maximum atomic E-state index is 12.6. The number of ketones is 1. The van der Waals surface area contributed by atoms with Crippen LogP contribution in [0.4, 0.5) is 0 Å². The predicted molar refractivity (Wildman–Crippen MR) is 130 cm³/mol. The maximum absolute atomic E-state index is 12.6. The van der Waals surface area contributed by atoms with Crippen molar-refractivity contribution in [3.05, 3.63) is 131 Å². The van der Waals surface area contributed by atoms with Crippen molar-refractivity contribution in [3.8, 4) is 11.5 Å². The van der Waals surface area contributed by atoms with Gasteiger partial charge in [-0.15, -0.1) is 0 Å².